The van der Waals surface area contributed by atoms with Crippen LogP contribution in [-0.2, 0) is 11.2 Å². The fourth-order valence-electron chi connectivity index (χ4n) is 2.18. The van der Waals surface area contributed by atoms with Crippen molar-refractivity contribution in [3.63, 3.8) is 0 Å². The molecule has 0 radical (unpaired) electrons. The van der Waals surface area contributed by atoms with Gasteiger partial charge in [0.2, 0.25) is 5.91 Å². The molecule has 0 aliphatic heterocycles. The minimum atomic E-state index is -0.388. The van der Waals surface area contributed by atoms with E-state index in [9.17, 15) is 9.59 Å². The number of nitrogens with zero attached hydrogens (tertiary/aromatic N) is 1. The van der Waals surface area contributed by atoms with Crippen molar-refractivity contribution in [1.82, 2.24) is 5.43 Å². The second kappa shape index (κ2) is 9.12. The lowest BCUT2D eigenvalue weighted by molar-refractivity contribution is -0.120. The van der Waals surface area contributed by atoms with Crippen molar-refractivity contribution in [3.8, 4) is 5.75 Å². The number of hydrazone groups is 1. The maximum absolute atomic E-state index is 11.9. The predicted molar refractivity (Wildman–Crippen MR) is 107 cm³/mol. The molecule has 136 valence electrons. The molecular weight excluding hydrogens is 384 g/mol. The van der Waals surface area contributed by atoms with Crippen LogP contribution < -0.4 is 10.2 Å². The average Bonchev–Trinajstić information content (AvgIpc) is 3.20. The first kappa shape index (κ1) is 18.8. The molecule has 0 aliphatic rings. The zero-order valence-electron chi connectivity index (χ0n) is 14.1. The molecule has 0 unspecified atom stereocenters. The SMILES string of the molecule is O=C(Cc1ccc(Cl)cc1)N/N=C\c1ccc(OC(=O)c2cccs2)cc1. The normalized spacial score (nSPS) is 10.7. The molecule has 0 aliphatic carbocycles. The number of ether oxygens (including phenoxy) is 1. The highest BCUT2D eigenvalue weighted by molar-refractivity contribution is 7.12. The summed E-state index contributed by atoms with van der Waals surface area (Å²) < 4.78 is 5.28. The number of nitrogens with one attached hydrogen (secondary N) is 1. The zero-order chi connectivity index (χ0) is 19.1. The molecule has 1 amide bonds. The van der Waals surface area contributed by atoms with Gasteiger partial charge in [-0.25, -0.2) is 10.2 Å². The molecule has 0 saturated heterocycles. The molecule has 3 rings (SSSR count). The summed E-state index contributed by atoms with van der Waals surface area (Å²) in [6, 6.07) is 17.4. The largest absolute Gasteiger partial charge is 0.422 e. The van der Waals surface area contributed by atoms with Gasteiger partial charge in [0.25, 0.3) is 0 Å². The summed E-state index contributed by atoms with van der Waals surface area (Å²) in [5.41, 5.74) is 4.09. The number of halogens is 1. The van der Waals surface area contributed by atoms with Crippen LogP contribution in [0.25, 0.3) is 0 Å². The number of benzene rings is 2. The highest BCUT2D eigenvalue weighted by atomic mass is 35.5. The minimum Gasteiger partial charge on any atom is -0.422 e. The number of amides is 1. The van der Waals surface area contributed by atoms with Crippen molar-refractivity contribution < 1.29 is 14.3 Å². The van der Waals surface area contributed by atoms with Crippen molar-refractivity contribution in [1.29, 1.82) is 0 Å². The average molecular weight is 399 g/mol. The summed E-state index contributed by atoms with van der Waals surface area (Å²) in [4.78, 5) is 24.3. The lowest BCUT2D eigenvalue weighted by Gasteiger charge is -2.03. The molecule has 2 aromatic carbocycles. The van der Waals surface area contributed by atoms with Gasteiger partial charge in [0.15, 0.2) is 0 Å². The molecule has 0 atom stereocenters. The molecule has 0 saturated carbocycles. The van der Waals surface area contributed by atoms with E-state index in [4.69, 9.17) is 16.3 Å². The highest BCUT2D eigenvalue weighted by Gasteiger charge is 2.09. The third-order valence-electron chi connectivity index (χ3n) is 3.49. The lowest BCUT2D eigenvalue weighted by atomic mass is 10.1. The van der Waals surface area contributed by atoms with E-state index in [1.54, 1.807) is 60.7 Å². The van der Waals surface area contributed by atoms with Crippen LogP contribution in [0.15, 0.2) is 71.1 Å². The summed E-state index contributed by atoms with van der Waals surface area (Å²) in [7, 11) is 0. The summed E-state index contributed by atoms with van der Waals surface area (Å²) in [6.07, 6.45) is 1.73. The maximum atomic E-state index is 11.9. The Balaban J connectivity index is 1.49. The topological polar surface area (TPSA) is 67.8 Å². The number of rotatable bonds is 6. The van der Waals surface area contributed by atoms with Crippen molar-refractivity contribution in [2.24, 2.45) is 5.10 Å². The van der Waals surface area contributed by atoms with Crippen molar-refractivity contribution in [3.05, 3.63) is 87.1 Å². The third-order valence-corrected chi connectivity index (χ3v) is 4.60. The van der Waals surface area contributed by atoms with Gasteiger partial charge in [0.05, 0.1) is 12.6 Å². The first-order valence-corrected chi connectivity index (χ1v) is 9.28. The molecule has 0 bridgehead atoms. The highest BCUT2D eigenvalue weighted by Crippen LogP contribution is 2.16. The molecule has 1 aromatic heterocycles. The number of carbonyl (C=O) groups excluding carboxylic acids is 2. The number of esters is 1. The monoisotopic (exact) mass is 398 g/mol. The Kier molecular flexibility index (Phi) is 6.35. The second-order valence-electron chi connectivity index (χ2n) is 5.53. The Morgan fingerprint density at radius 2 is 1.81 bits per heavy atom. The quantitative estimate of drug-likeness (QED) is 0.291. The molecule has 1 N–H and O–H groups in total. The van der Waals surface area contributed by atoms with E-state index in [0.29, 0.717) is 15.6 Å². The van der Waals surface area contributed by atoms with Crippen molar-refractivity contribution in [2.45, 2.75) is 6.42 Å². The smallest absolute Gasteiger partial charge is 0.353 e. The predicted octanol–water partition coefficient (Wildman–Crippen LogP) is 4.31. The first-order chi connectivity index (χ1) is 13.1. The van der Waals surface area contributed by atoms with Crippen LogP contribution in [0.3, 0.4) is 0 Å². The molecule has 0 fully saturated rings. The Hall–Kier alpha value is -2.96. The maximum Gasteiger partial charge on any atom is 0.353 e. The van der Waals surface area contributed by atoms with Crippen molar-refractivity contribution >= 4 is 41.0 Å². The van der Waals surface area contributed by atoms with Gasteiger partial charge in [-0.05, 0) is 59.0 Å². The molecule has 0 spiro atoms. The van der Waals surface area contributed by atoms with Gasteiger partial charge in [-0.1, -0.05) is 29.8 Å². The zero-order valence-corrected chi connectivity index (χ0v) is 15.7. The molecular formula is C20H15ClN2O3S. The van der Waals surface area contributed by atoms with Gasteiger partial charge in [0, 0.05) is 5.02 Å². The van der Waals surface area contributed by atoms with E-state index < -0.39 is 0 Å². The van der Waals surface area contributed by atoms with E-state index in [0.717, 1.165) is 11.1 Å². The van der Waals surface area contributed by atoms with Crippen LogP contribution in [0.4, 0.5) is 0 Å². The Morgan fingerprint density at radius 1 is 1.07 bits per heavy atom. The van der Waals surface area contributed by atoms with E-state index >= 15 is 0 Å². The summed E-state index contributed by atoms with van der Waals surface area (Å²) in [5, 5.41) is 6.37. The van der Waals surface area contributed by atoms with Crippen LogP contribution in [0.5, 0.6) is 5.75 Å². The van der Waals surface area contributed by atoms with E-state index in [1.807, 2.05) is 5.38 Å². The van der Waals surface area contributed by atoms with E-state index in [2.05, 4.69) is 10.5 Å². The number of hydrogen-bond acceptors (Lipinski definition) is 5. The fraction of sp³-hybridized carbons (Fsp3) is 0.0500. The molecule has 3 aromatic rings. The molecule has 1 heterocycles. The van der Waals surface area contributed by atoms with Gasteiger partial charge in [-0.3, -0.25) is 4.79 Å². The number of carbonyl (C=O) groups is 2. The van der Waals surface area contributed by atoms with Gasteiger partial charge in [-0.15, -0.1) is 11.3 Å². The van der Waals surface area contributed by atoms with Gasteiger partial charge in [0.1, 0.15) is 10.6 Å². The van der Waals surface area contributed by atoms with Crippen LogP contribution in [-0.4, -0.2) is 18.1 Å². The Labute approximate surface area is 165 Å². The standard InChI is InChI=1S/C20H15ClN2O3S/c21-16-7-3-14(4-8-16)12-19(24)23-22-13-15-5-9-17(10-6-15)26-20(25)18-2-1-11-27-18/h1-11,13H,12H2,(H,23,24)/b22-13-. The second-order valence-corrected chi connectivity index (χ2v) is 6.92. The Morgan fingerprint density at radius 3 is 2.48 bits per heavy atom. The lowest BCUT2D eigenvalue weighted by Crippen LogP contribution is -2.19. The number of hydrogen-bond donors (Lipinski definition) is 1. The minimum absolute atomic E-state index is 0.214. The summed E-state index contributed by atoms with van der Waals surface area (Å²) >= 11 is 7.14. The molecule has 27 heavy (non-hydrogen) atoms. The van der Waals surface area contributed by atoms with E-state index in [-0.39, 0.29) is 18.3 Å². The van der Waals surface area contributed by atoms with Crippen molar-refractivity contribution in [2.75, 3.05) is 0 Å². The van der Waals surface area contributed by atoms with Gasteiger partial charge >= 0.3 is 5.97 Å². The third kappa shape index (κ3) is 5.77. The molecule has 7 heteroatoms. The van der Waals surface area contributed by atoms with Gasteiger partial charge < -0.3 is 4.74 Å². The Bertz CT molecular complexity index is 936. The fourth-order valence-corrected chi connectivity index (χ4v) is 2.90. The van der Waals surface area contributed by atoms with Gasteiger partial charge in [-0.2, -0.15) is 5.10 Å². The van der Waals surface area contributed by atoms with E-state index in [1.165, 1.54) is 17.6 Å². The summed E-state index contributed by atoms with van der Waals surface area (Å²) in [5.74, 6) is -0.173. The van der Waals surface area contributed by atoms with Crippen LogP contribution in [0.1, 0.15) is 20.8 Å². The first-order valence-electron chi connectivity index (χ1n) is 8.02. The van der Waals surface area contributed by atoms with Crippen LogP contribution in [0, 0.1) is 0 Å². The summed E-state index contributed by atoms with van der Waals surface area (Å²) in [6.45, 7) is 0. The van der Waals surface area contributed by atoms with Crippen LogP contribution >= 0.6 is 22.9 Å². The number of thiophene rings is 1. The molecule has 5 nitrogen and oxygen atoms in total. The van der Waals surface area contributed by atoms with Crippen LogP contribution in [0.2, 0.25) is 5.02 Å².